The van der Waals surface area contributed by atoms with Crippen LogP contribution in [0.15, 0.2) is 54.9 Å². The number of benzene rings is 2. The fourth-order valence-corrected chi connectivity index (χ4v) is 4.47. The third kappa shape index (κ3) is 6.95. The van der Waals surface area contributed by atoms with E-state index in [1.54, 1.807) is 38.5 Å². The molecule has 0 aliphatic carbocycles. The molecule has 10 nitrogen and oxygen atoms in total. The Kier molecular flexibility index (Phi) is 9.62. The molecule has 1 fully saturated rings. The molecule has 1 aliphatic heterocycles. The normalized spacial score (nSPS) is 22.9. The second kappa shape index (κ2) is 12.8. The quantitative estimate of drug-likeness (QED) is 0.262. The van der Waals surface area contributed by atoms with Crippen molar-refractivity contribution < 1.29 is 50.4 Å². The number of nitrogens with one attached hydrogen (secondary N) is 1. The Hall–Kier alpha value is -3.44. The summed E-state index contributed by atoms with van der Waals surface area (Å²) in [5.74, 6) is -0.332. The van der Waals surface area contributed by atoms with Gasteiger partial charge in [0.2, 0.25) is 6.29 Å². The van der Waals surface area contributed by atoms with Crippen LogP contribution < -0.4 is 10.1 Å². The number of rotatable bonds is 9. The molecular weight excluding hydrogens is 591 g/mol. The van der Waals surface area contributed by atoms with Gasteiger partial charge in [0.25, 0.3) is 5.17 Å². The number of aromatic nitrogens is 3. The number of hydrogen-bond donors (Lipinski definition) is 1. The highest BCUT2D eigenvalue weighted by Crippen LogP contribution is 2.37. The van der Waals surface area contributed by atoms with Crippen LogP contribution >= 0.6 is 12.2 Å². The smallest absolute Gasteiger partial charge is 0.438 e. The first kappa shape index (κ1) is 31.5. The molecule has 0 bridgehead atoms. The van der Waals surface area contributed by atoms with Gasteiger partial charge in [0.05, 0.1) is 11.8 Å². The maximum atomic E-state index is 13.1. The lowest BCUT2D eigenvalue weighted by atomic mass is 9.99. The van der Waals surface area contributed by atoms with Crippen molar-refractivity contribution in [3.05, 3.63) is 54.9 Å². The summed E-state index contributed by atoms with van der Waals surface area (Å²) in [5, 5.41) is 7.33. The van der Waals surface area contributed by atoms with Crippen LogP contribution in [0.4, 0.5) is 27.6 Å². The maximum Gasteiger partial charge on any atom is 0.499 e. The molecule has 1 aromatic heterocycles. The minimum Gasteiger partial charge on any atom is -0.438 e. The van der Waals surface area contributed by atoms with E-state index in [1.807, 2.05) is 6.92 Å². The molecule has 2 heterocycles. The van der Waals surface area contributed by atoms with Crippen LogP contribution in [-0.4, -0.2) is 84.3 Å². The van der Waals surface area contributed by atoms with Gasteiger partial charge in [-0.2, -0.15) is 22.0 Å². The molecule has 0 saturated carbocycles. The largest absolute Gasteiger partial charge is 0.499 e. The Bertz CT molecular complexity index is 1340. The van der Waals surface area contributed by atoms with Gasteiger partial charge < -0.3 is 33.7 Å². The van der Waals surface area contributed by atoms with Crippen LogP contribution in [0.5, 0.6) is 5.75 Å². The predicted molar refractivity (Wildman–Crippen MR) is 142 cm³/mol. The van der Waals surface area contributed by atoms with E-state index in [-0.39, 0.29) is 17.4 Å². The standard InChI is InChI=1S/C26H27F5N4O6S/c1-14-19(36-2)20(37-3)21(38-4)23(39-14)40-24(42)33-16-7-5-15(6-8-16)22-32-13-35(34-22)17-9-11-18(12-10-17)41-26(30,31)25(27,28)29/h5-14,19-21,23H,1-4H3,(H,33,42)/t14-,19-,20+,21+,23-/m0/s1. The molecule has 4 rings (SSSR count). The molecule has 42 heavy (non-hydrogen) atoms. The van der Waals surface area contributed by atoms with Crippen molar-refractivity contribution in [3.8, 4) is 22.8 Å². The van der Waals surface area contributed by atoms with Crippen LogP contribution in [0.2, 0.25) is 0 Å². The van der Waals surface area contributed by atoms with E-state index < -0.39 is 36.5 Å². The summed E-state index contributed by atoms with van der Waals surface area (Å²) in [6.45, 7) is 1.83. The van der Waals surface area contributed by atoms with E-state index in [0.717, 1.165) is 12.1 Å². The van der Waals surface area contributed by atoms with E-state index in [0.29, 0.717) is 22.8 Å². The summed E-state index contributed by atoms with van der Waals surface area (Å²) < 4.78 is 96.8. The van der Waals surface area contributed by atoms with E-state index >= 15 is 0 Å². The van der Waals surface area contributed by atoms with Crippen molar-refractivity contribution in [3.63, 3.8) is 0 Å². The fraction of sp³-hybridized carbons (Fsp3) is 0.423. The van der Waals surface area contributed by atoms with E-state index in [2.05, 4.69) is 20.1 Å². The van der Waals surface area contributed by atoms with Crippen molar-refractivity contribution in [1.29, 1.82) is 0 Å². The fourth-order valence-electron chi connectivity index (χ4n) is 4.26. The van der Waals surface area contributed by atoms with Crippen LogP contribution in [0.25, 0.3) is 17.1 Å². The van der Waals surface area contributed by atoms with Gasteiger partial charge in [0.15, 0.2) is 5.82 Å². The number of halogens is 5. The van der Waals surface area contributed by atoms with Gasteiger partial charge >= 0.3 is 12.3 Å². The molecule has 0 amide bonds. The molecule has 228 valence electrons. The lowest BCUT2D eigenvalue weighted by Gasteiger charge is -2.43. The lowest BCUT2D eigenvalue weighted by molar-refractivity contribution is -0.360. The highest BCUT2D eigenvalue weighted by Gasteiger charge is 2.61. The van der Waals surface area contributed by atoms with Crippen LogP contribution in [-0.2, 0) is 23.7 Å². The zero-order chi connectivity index (χ0) is 30.7. The lowest BCUT2D eigenvalue weighted by Crippen LogP contribution is -2.59. The molecule has 0 spiro atoms. The Morgan fingerprint density at radius 1 is 0.905 bits per heavy atom. The monoisotopic (exact) mass is 618 g/mol. The summed E-state index contributed by atoms with van der Waals surface area (Å²) in [5.41, 5.74) is 1.59. The summed E-state index contributed by atoms with van der Waals surface area (Å²) >= 11 is 5.35. The first-order chi connectivity index (χ1) is 19.9. The second-order valence-electron chi connectivity index (χ2n) is 9.04. The minimum absolute atomic E-state index is 0.0375. The molecule has 0 unspecified atom stereocenters. The molecule has 16 heteroatoms. The van der Waals surface area contributed by atoms with Gasteiger partial charge in [-0.05, 0) is 67.7 Å². The van der Waals surface area contributed by atoms with Crippen LogP contribution in [0, 0.1) is 0 Å². The first-order valence-electron chi connectivity index (χ1n) is 12.3. The van der Waals surface area contributed by atoms with Gasteiger partial charge in [0, 0.05) is 32.6 Å². The van der Waals surface area contributed by atoms with Gasteiger partial charge in [-0.25, -0.2) is 9.67 Å². The van der Waals surface area contributed by atoms with Gasteiger partial charge in [-0.1, -0.05) is 0 Å². The van der Waals surface area contributed by atoms with Crippen molar-refractivity contribution in [2.75, 3.05) is 26.6 Å². The topological polar surface area (TPSA) is 98.1 Å². The summed E-state index contributed by atoms with van der Waals surface area (Å²) in [6, 6.07) is 11.4. The average Bonchev–Trinajstić information content (AvgIpc) is 3.43. The first-order valence-corrected chi connectivity index (χ1v) is 12.7. The van der Waals surface area contributed by atoms with Crippen LogP contribution in [0.1, 0.15) is 6.92 Å². The second-order valence-corrected chi connectivity index (χ2v) is 9.41. The average molecular weight is 619 g/mol. The number of hydrogen-bond acceptors (Lipinski definition) is 9. The number of anilines is 1. The Balaban J connectivity index is 1.37. The van der Waals surface area contributed by atoms with Crippen LogP contribution in [0.3, 0.4) is 0 Å². The molecular formula is C26H27F5N4O6S. The van der Waals surface area contributed by atoms with E-state index in [9.17, 15) is 22.0 Å². The molecule has 2 aromatic carbocycles. The number of ether oxygens (including phenoxy) is 6. The third-order valence-corrected chi connectivity index (χ3v) is 6.52. The molecule has 3 aromatic rings. The number of thiocarbonyl (C=S) groups is 1. The molecule has 5 atom stereocenters. The number of methoxy groups -OCH3 is 3. The molecule has 1 N–H and O–H groups in total. The Labute approximate surface area is 242 Å². The minimum atomic E-state index is -5.84. The maximum absolute atomic E-state index is 13.1. The number of nitrogens with zero attached hydrogens (tertiary/aromatic N) is 3. The zero-order valence-electron chi connectivity index (χ0n) is 22.7. The zero-order valence-corrected chi connectivity index (χ0v) is 23.5. The van der Waals surface area contributed by atoms with Gasteiger partial charge in [-0.3, -0.25) is 0 Å². The third-order valence-electron chi connectivity index (χ3n) is 6.33. The summed E-state index contributed by atoms with van der Waals surface area (Å²) in [6.07, 6.45) is -12.4. The van der Waals surface area contributed by atoms with E-state index in [1.165, 1.54) is 30.3 Å². The molecule has 1 aliphatic rings. The van der Waals surface area contributed by atoms with Crippen molar-refractivity contribution >= 4 is 23.1 Å². The van der Waals surface area contributed by atoms with Crippen molar-refractivity contribution in [1.82, 2.24) is 14.8 Å². The summed E-state index contributed by atoms with van der Waals surface area (Å²) in [4.78, 5) is 4.23. The SMILES string of the molecule is CO[C@@H]1[C@@H](OC)[C@H](C)O[C@@H](OC(=S)Nc2ccc(-c3ncn(-c4ccc(OC(F)(F)C(F)(F)F)cc4)n3)cc2)[C@@H]1OC. The predicted octanol–water partition coefficient (Wildman–Crippen LogP) is 4.97. The number of alkyl halides is 5. The van der Waals surface area contributed by atoms with Crippen molar-refractivity contribution in [2.24, 2.45) is 0 Å². The Morgan fingerprint density at radius 2 is 1.52 bits per heavy atom. The highest BCUT2D eigenvalue weighted by atomic mass is 32.1. The van der Waals surface area contributed by atoms with Gasteiger partial charge in [0.1, 0.15) is 30.4 Å². The summed E-state index contributed by atoms with van der Waals surface area (Å²) in [7, 11) is 4.61. The highest BCUT2D eigenvalue weighted by molar-refractivity contribution is 7.80. The molecule has 1 saturated heterocycles. The van der Waals surface area contributed by atoms with Gasteiger partial charge in [-0.15, -0.1) is 5.10 Å². The van der Waals surface area contributed by atoms with E-state index in [4.69, 9.17) is 35.9 Å². The van der Waals surface area contributed by atoms with Crippen molar-refractivity contribution in [2.45, 2.75) is 49.9 Å². The molecule has 0 radical (unpaired) electrons. The Morgan fingerprint density at radius 3 is 2.10 bits per heavy atom.